The van der Waals surface area contributed by atoms with E-state index in [1.165, 1.54) is 12.1 Å². The minimum Gasteiger partial charge on any atom is -0.347 e. The molecule has 2 aliphatic rings. The first-order valence-corrected chi connectivity index (χ1v) is 13.7. The molecule has 2 fully saturated rings. The highest BCUT2D eigenvalue weighted by Crippen LogP contribution is 2.59. The maximum Gasteiger partial charge on any atom is 0.224 e. The summed E-state index contributed by atoms with van der Waals surface area (Å²) in [5.74, 6) is 0.474. The number of halogens is 1. The van der Waals surface area contributed by atoms with Gasteiger partial charge in [-0.15, -0.1) is 0 Å². The molecule has 2 N–H and O–H groups in total. The van der Waals surface area contributed by atoms with Crippen LogP contribution in [0.4, 0.5) is 4.39 Å². The van der Waals surface area contributed by atoms with Gasteiger partial charge in [-0.1, -0.05) is 26.7 Å². The Morgan fingerprint density at radius 2 is 1.95 bits per heavy atom. The van der Waals surface area contributed by atoms with Gasteiger partial charge in [0.2, 0.25) is 5.91 Å². The van der Waals surface area contributed by atoms with E-state index >= 15 is 0 Å². The third-order valence-corrected chi connectivity index (χ3v) is 8.27. The normalized spacial score (nSPS) is 19.4. The van der Waals surface area contributed by atoms with Gasteiger partial charge < -0.3 is 15.2 Å². The maximum atomic E-state index is 13.4. The number of ketones is 1. The Balaban J connectivity index is 1.48. The van der Waals surface area contributed by atoms with Crippen LogP contribution in [0.3, 0.4) is 0 Å². The second kappa shape index (κ2) is 12.0. The van der Waals surface area contributed by atoms with Crippen molar-refractivity contribution in [3.8, 4) is 17.5 Å². The van der Waals surface area contributed by atoms with Crippen molar-refractivity contribution < 1.29 is 14.0 Å². The number of benzene rings is 1. The molecule has 1 aliphatic carbocycles. The number of nitrogens with one attached hydrogen (secondary N) is 2. The Hall–Kier alpha value is -3.05. The van der Waals surface area contributed by atoms with E-state index in [1.807, 2.05) is 6.92 Å². The second-order valence-electron chi connectivity index (χ2n) is 10.6. The molecule has 0 radical (unpaired) electrons. The van der Waals surface area contributed by atoms with Gasteiger partial charge in [0.05, 0.1) is 11.7 Å². The lowest BCUT2D eigenvalue weighted by atomic mass is 9.90. The van der Waals surface area contributed by atoms with E-state index < -0.39 is 0 Å². The number of carbonyl (C=O) groups is 2. The highest BCUT2D eigenvalue weighted by Gasteiger charge is 2.58. The predicted octanol–water partition coefficient (Wildman–Crippen LogP) is 5.30. The van der Waals surface area contributed by atoms with Crippen molar-refractivity contribution >= 4 is 11.7 Å². The first-order chi connectivity index (χ1) is 17.9. The summed E-state index contributed by atoms with van der Waals surface area (Å²) in [6.07, 6.45) is 7.33. The third-order valence-electron chi connectivity index (χ3n) is 8.27. The number of piperidine rings is 1. The zero-order valence-corrected chi connectivity index (χ0v) is 22.0. The summed E-state index contributed by atoms with van der Waals surface area (Å²) in [7, 11) is 0. The van der Waals surface area contributed by atoms with E-state index in [0.29, 0.717) is 36.3 Å². The van der Waals surface area contributed by atoms with E-state index in [9.17, 15) is 19.2 Å². The highest BCUT2D eigenvalue weighted by molar-refractivity contribution is 5.83. The number of hydrogen-bond donors (Lipinski definition) is 2. The van der Waals surface area contributed by atoms with Crippen molar-refractivity contribution in [1.82, 2.24) is 20.2 Å². The molecule has 4 rings (SSSR count). The Kier molecular flexibility index (Phi) is 8.75. The van der Waals surface area contributed by atoms with Crippen LogP contribution in [0.15, 0.2) is 24.3 Å². The van der Waals surface area contributed by atoms with Crippen LogP contribution in [0.1, 0.15) is 89.1 Å². The number of H-pyrrole nitrogens is 1. The third kappa shape index (κ3) is 6.45. The molecule has 0 unspecified atom stereocenters. The van der Waals surface area contributed by atoms with Gasteiger partial charge in [0.25, 0.3) is 0 Å². The molecule has 198 valence electrons. The predicted molar refractivity (Wildman–Crippen MR) is 140 cm³/mol. The fourth-order valence-electron chi connectivity index (χ4n) is 5.64. The van der Waals surface area contributed by atoms with Gasteiger partial charge >= 0.3 is 0 Å². The van der Waals surface area contributed by atoms with Gasteiger partial charge in [-0.3, -0.25) is 9.59 Å². The van der Waals surface area contributed by atoms with Crippen molar-refractivity contribution in [3.63, 3.8) is 0 Å². The lowest BCUT2D eigenvalue weighted by Gasteiger charge is -2.32. The average Bonchev–Trinajstić information content (AvgIpc) is 3.44. The number of nitrogens with zero attached hydrogens (tertiary/aromatic N) is 3. The first kappa shape index (κ1) is 27.0. The molecule has 2 atom stereocenters. The molecule has 1 aromatic heterocycles. The molecule has 1 aromatic carbocycles. The number of rotatable bonds is 12. The van der Waals surface area contributed by atoms with Gasteiger partial charge in [0.1, 0.15) is 23.5 Å². The lowest BCUT2D eigenvalue weighted by molar-refractivity contribution is -0.124. The summed E-state index contributed by atoms with van der Waals surface area (Å²) in [5, 5.41) is 13.1. The fourth-order valence-corrected chi connectivity index (χ4v) is 5.64. The number of unbranched alkanes of at least 4 members (excludes halogenated alkanes) is 2. The fraction of sp³-hybridized carbons (Fsp3) is 0.586. The first-order valence-electron chi connectivity index (χ1n) is 13.7. The summed E-state index contributed by atoms with van der Waals surface area (Å²) in [6, 6.07) is 7.75. The smallest absolute Gasteiger partial charge is 0.224 e. The molecule has 1 amide bonds. The van der Waals surface area contributed by atoms with Crippen LogP contribution in [-0.4, -0.2) is 46.2 Å². The Labute approximate surface area is 218 Å². The Morgan fingerprint density at radius 1 is 1.22 bits per heavy atom. The van der Waals surface area contributed by atoms with Crippen molar-refractivity contribution in [2.75, 3.05) is 19.6 Å². The standard InChI is InChI=1S/C29H38FN5O2/c1-3-22(36)8-6-5-7-9-24(33-28(37)23-18-29(23)14-16-35(4-2)17-15-29)26-25(19-31)32-27(34-26)20-10-12-21(30)13-11-20/h10-13,23-24H,3-9,14-18H2,1-2H3,(H,32,34)(H,33,37)/t23-,24+/m1/s1. The number of carbonyl (C=O) groups excluding carboxylic acids is 2. The topological polar surface area (TPSA) is 102 Å². The number of amides is 1. The minimum atomic E-state index is -0.376. The highest BCUT2D eigenvalue weighted by atomic mass is 19.1. The SMILES string of the molecule is CCC(=O)CCCCC[C@H](NC(=O)[C@H]1CC12CCN(CC)CC2)c1[nH]c(-c2ccc(F)cc2)nc1C#N. The number of Topliss-reactive ketones (excluding diaryl/α,β-unsaturated/α-hetero) is 1. The summed E-state index contributed by atoms with van der Waals surface area (Å²) < 4.78 is 13.4. The largest absolute Gasteiger partial charge is 0.347 e. The number of aromatic nitrogens is 2. The summed E-state index contributed by atoms with van der Waals surface area (Å²) >= 11 is 0. The van der Waals surface area contributed by atoms with Gasteiger partial charge in [-0.2, -0.15) is 5.26 Å². The number of likely N-dealkylation sites (tertiary alicyclic amines) is 1. The van der Waals surface area contributed by atoms with Crippen molar-refractivity contribution in [1.29, 1.82) is 5.26 Å². The zero-order valence-electron chi connectivity index (χ0n) is 22.0. The van der Waals surface area contributed by atoms with Crippen molar-refractivity contribution in [3.05, 3.63) is 41.5 Å². The second-order valence-corrected chi connectivity index (χ2v) is 10.6. The molecule has 1 saturated heterocycles. The molecule has 8 heteroatoms. The number of aromatic amines is 1. The van der Waals surface area contributed by atoms with Crippen LogP contribution in [0.5, 0.6) is 0 Å². The van der Waals surface area contributed by atoms with Crippen molar-refractivity contribution in [2.24, 2.45) is 11.3 Å². The van der Waals surface area contributed by atoms with Crippen LogP contribution in [0.25, 0.3) is 11.4 Å². The number of imidazole rings is 1. The molecular formula is C29H38FN5O2. The molecule has 7 nitrogen and oxygen atoms in total. The molecule has 0 bridgehead atoms. The van der Waals surface area contributed by atoms with Crippen LogP contribution in [0.2, 0.25) is 0 Å². The van der Waals surface area contributed by atoms with Crippen LogP contribution >= 0.6 is 0 Å². The van der Waals surface area contributed by atoms with E-state index in [4.69, 9.17) is 0 Å². The van der Waals surface area contributed by atoms with Gasteiger partial charge in [0, 0.05) is 24.3 Å². The molecule has 1 saturated carbocycles. The number of hydrogen-bond acceptors (Lipinski definition) is 5. The van der Waals surface area contributed by atoms with E-state index in [0.717, 1.165) is 58.2 Å². The molecule has 1 spiro atoms. The van der Waals surface area contributed by atoms with E-state index in [1.54, 1.807) is 12.1 Å². The quantitative estimate of drug-likeness (QED) is 0.380. The summed E-state index contributed by atoms with van der Waals surface area (Å²) in [5.41, 5.74) is 1.63. The lowest BCUT2D eigenvalue weighted by Crippen LogP contribution is -2.37. The van der Waals surface area contributed by atoms with Crippen LogP contribution in [0, 0.1) is 28.5 Å². The van der Waals surface area contributed by atoms with Gasteiger partial charge in [0.15, 0.2) is 5.69 Å². The monoisotopic (exact) mass is 507 g/mol. The summed E-state index contributed by atoms with van der Waals surface area (Å²) in [6.45, 7) is 7.19. The molecular weight excluding hydrogens is 469 g/mol. The Bertz CT molecular complexity index is 1130. The van der Waals surface area contributed by atoms with Crippen molar-refractivity contribution in [2.45, 2.75) is 77.7 Å². The molecule has 2 heterocycles. The Morgan fingerprint density at radius 3 is 2.59 bits per heavy atom. The van der Waals surface area contributed by atoms with Crippen LogP contribution in [-0.2, 0) is 9.59 Å². The number of nitriles is 1. The zero-order chi connectivity index (χ0) is 26.4. The minimum absolute atomic E-state index is 0.0150. The van der Waals surface area contributed by atoms with E-state index in [2.05, 4.69) is 33.2 Å². The molecule has 37 heavy (non-hydrogen) atoms. The van der Waals surface area contributed by atoms with Gasteiger partial charge in [-0.05, 0) is 81.4 Å². The summed E-state index contributed by atoms with van der Waals surface area (Å²) in [4.78, 5) is 35.2. The average molecular weight is 508 g/mol. The molecule has 2 aromatic rings. The van der Waals surface area contributed by atoms with E-state index in [-0.39, 0.29) is 40.6 Å². The van der Waals surface area contributed by atoms with Crippen LogP contribution < -0.4 is 5.32 Å². The molecule has 1 aliphatic heterocycles. The maximum absolute atomic E-state index is 13.4. The van der Waals surface area contributed by atoms with Gasteiger partial charge in [-0.25, -0.2) is 9.37 Å².